The highest BCUT2D eigenvalue weighted by Gasteiger charge is 2.11. The summed E-state index contributed by atoms with van der Waals surface area (Å²) in [5.41, 5.74) is 10.6. The topological polar surface area (TPSA) is 38.9 Å². The predicted octanol–water partition coefficient (Wildman–Crippen LogP) is 3.49. The van der Waals surface area contributed by atoms with Crippen molar-refractivity contribution in [1.82, 2.24) is 4.98 Å². The summed E-state index contributed by atoms with van der Waals surface area (Å²) in [5.74, 6) is 0.339. The van der Waals surface area contributed by atoms with E-state index in [1.165, 1.54) is 16.7 Å². The van der Waals surface area contributed by atoms with Crippen LogP contribution in [0.4, 0.5) is 0 Å². The molecule has 1 heterocycles. The van der Waals surface area contributed by atoms with E-state index in [9.17, 15) is 0 Å². The van der Waals surface area contributed by atoms with Gasteiger partial charge in [0.1, 0.15) is 5.01 Å². The number of benzene rings is 1. The number of rotatable bonds is 3. The maximum absolute atomic E-state index is 5.67. The van der Waals surface area contributed by atoms with Gasteiger partial charge in [0.05, 0.1) is 5.69 Å². The highest BCUT2D eigenvalue weighted by Crippen LogP contribution is 2.29. The summed E-state index contributed by atoms with van der Waals surface area (Å²) < 4.78 is 0. The van der Waals surface area contributed by atoms with Crippen LogP contribution >= 0.6 is 11.3 Å². The maximum atomic E-state index is 5.67. The second-order valence-electron chi connectivity index (χ2n) is 4.53. The van der Waals surface area contributed by atoms with Crippen LogP contribution in [0.25, 0.3) is 10.6 Å². The van der Waals surface area contributed by atoms with E-state index < -0.39 is 0 Å². The number of thiazole rings is 1. The molecule has 1 aromatic carbocycles. The number of aromatic nitrogens is 1. The highest BCUT2D eigenvalue weighted by molar-refractivity contribution is 7.13. The molecule has 0 aliphatic carbocycles. The molecular weight excluding hydrogens is 228 g/mol. The molecule has 0 aliphatic heterocycles. The first-order chi connectivity index (χ1) is 8.11. The Hall–Kier alpha value is -1.19. The number of hydrogen-bond acceptors (Lipinski definition) is 3. The summed E-state index contributed by atoms with van der Waals surface area (Å²) in [6.07, 6.45) is 0. The minimum atomic E-state index is 0.339. The van der Waals surface area contributed by atoms with E-state index in [4.69, 9.17) is 5.73 Å². The Morgan fingerprint density at radius 1 is 1.35 bits per heavy atom. The first-order valence-corrected chi connectivity index (χ1v) is 6.73. The van der Waals surface area contributed by atoms with E-state index in [0.717, 1.165) is 10.7 Å². The van der Waals surface area contributed by atoms with Crippen molar-refractivity contribution in [2.24, 2.45) is 5.73 Å². The lowest BCUT2D eigenvalue weighted by atomic mass is 10.1. The molecule has 90 valence electrons. The van der Waals surface area contributed by atoms with Gasteiger partial charge in [0.15, 0.2) is 0 Å². The SMILES string of the molecule is Cc1ccc(-c2nc(C(C)CN)cs2)c(C)c1. The van der Waals surface area contributed by atoms with Gasteiger partial charge in [0.25, 0.3) is 0 Å². The lowest BCUT2D eigenvalue weighted by molar-refractivity contribution is 0.752. The van der Waals surface area contributed by atoms with Gasteiger partial charge in [-0.25, -0.2) is 4.98 Å². The smallest absolute Gasteiger partial charge is 0.123 e. The second kappa shape index (κ2) is 4.98. The zero-order valence-corrected chi connectivity index (χ0v) is 11.3. The van der Waals surface area contributed by atoms with Crippen LogP contribution in [0.2, 0.25) is 0 Å². The summed E-state index contributed by atoms with van der Waals surface area (Å²) in [7, 11) is 0. The standard InChI is InChI=1S/C14H18N2S/c1-9-4-5-12(10(2)6-9)14-16-13(8-17-14)11(3)7-15/h4-6,8,11H,7,15H2,1-3H3. The lowest BCUT2D eigenvalue weighted by Gasteiger charge is -2.05. The molecule has 0 radical (unpaired) electrons. The van der Waals surface area contributed by atoms with Crippen molar-refractivity contribution in [3.63, 3.8) is 0 Å². The second-order valence-corrected chi connectivity index (χ2v) is 5.39. The number of hydrogen-bond donors (Lipinski definition) is 1. The van der Waals surface area contributed by atoms with Crippen molar-refractivity contribution in [2.45, 2.75) is 26.7 Å². The summed E-state index contributed by atoms with van der Waals surface area (Å²) in [6.45, 7) is 7.01. The van der Waals surface area contributed by atoms with E-state index in [0.29, 0.717) is 12.5 Å². The molecule has 0 fully saturated rings. The normalized spacial score (nSPS) is 12.7. The largest absolute Gasteiger partial charge is 0.330 e. The average Bonchev–Trinajstić information content (AvgIpc) is 2.77. The van der Waals surface area contributed by atoms with E-state index in [-0.39, 0.29) is 0 Å². The van der Waals surface area contributed by atoms with Gasteiger partial charge in [0, 0.05) is 23.4 Å². The fraction of sp³-hybridized carbons (Fsp3) is 0.357. The van der Waals surface area contributed by atoms with Crippen molar-refractivity contribution in [2.75, 3.05) is 6.54 Å². The van der Waals surface area contributed by atoms with Gasteiger partial charge in [-0.1, -0.05) is 30.7 Å². The van der Waals surface area contributed by atoms with E-state index in [1.54, 1.807) is 11.3 Å². The van der Waals surface area contributed by atoms with Gasteiger partial charge in [-0.2, -0.15) is 0 Å². The molecule has 1 aromatic heterocycles. The summed E-state index contributed by atoms with van der Waals surface area (Å²) in [6, 6.07) is 6.49. The van der Waals surface area contributed by atoms with Crippen LogP contribution < -0.4 is 5.73 Å². The first-order valence-electron chi connectivity index (χ1n) is 5.85. The molecule has 2 rings (SSSR count). The van der Waals surface area contributed by atoms with Crippen LogP contribution in [-0.2, 0) is 0 Å². The van der Waals surface area contributed by atoms with Gasteiger partial charge < -0.3 is 5.73 Å². The van der Waals surface area contributed by atoms with Crippen LogP contribution in [-0.4, -0.2) is 11.5 Å². The van der Waals surface area contributed by atoms with Gasteiger partial charge in [-0.05, 0) is 19.4 Å². The Bertz CT molecular complexity index is 517. The summed E-state index contributed by atoms with van der Waals surface area (Å²) >= 11 is 1.70. The predicted molar refractivity (Wildman–Crippen MR) is 74.5 cm³/mol. The number of nitrogens with zero attached hydrogens (tertiary/aromatic N) is 1. The van der Waals surface area contributed by atoms with Crippen LogP contribution in [0, 0.1) is 13.8 Å². The zero-order chi connectivity index (χ0) is 12.4. The summed E-state index contributed by atoms with van der Waals surface area (Å²) in [5, 5.41) is 3.21. The first kappa shape index (κ1) is 12.3. The molecular formula is C14H18N2S. The van der Waals surface area contributed by atoms with Crippen molar-refractivity contribution < 1.29 is 0 Å². The van der Waals surface area contributed by atoms with Crippen LogP contribution in [0.3, 0.4) is 0 Å². The van der Waals surface area contributed by atoms with Crippen molar-refractivity contribution in [1.29, 1.82) is 0 Å². The van der Waals surface area contributed by atoms with Crippen molar-refractivity contribution in [3.05, 3.63) is 40.4 Å². The highest BCUT2D eigenvalue weighted by atomic mass is 32.1. The molecule has 1 unspecified atom stereocenters. The number of nitrogens with two attached hydrogens (primary N) is 1. The molecule has 2 nitrogen and oxygen atoms in total. The molecule has 3 heteroatoms. The van der Waals surface area contributed by atoms with Crippen LogP contribution in [0.1, 0.15) is 29.7 Å². The Balaban J connectivity index is 2.37. The fourth-order valence-electron chi connectivity index (χ4n) is 1.81. The van der Waals surface area contributed by atoms with Crippen LogP contribution in [0.5, 0.6) is 0 Å². The van der Waals surface area contributed by atoms with E-state index in [2.05, 4.69) is 49.3 Å². The van der Waals surface area contributed by atoms with E-state index in [1.807, 2.05) is 0 Å². The van der Waals surface area contributed by atoms with Crippen LogP contribution in [0.15, 0.2) is 23.6 Å². The van der Waals surface area contributed by atoms with Gasteiger partial charge >= 0.3 is 0 Å². The molecule has 0 spiro atoms. The molecule has 0 saturated heterocycles. The van der Waals surface area contributed by atoms with Crippen molar-refractivity contribution in [3.8, 4) is 10.6 Å². The Morgan fingerprint density at radius 3 is 2.76 bits per heavy atom. The third-order valence-corrected chi connectivity index (χ3v) is 3.89. The molecule has 0 saturated carbocycles. The molecule has 2 aromatic rings. The molecule has 2 N–H and O–H groups in total. The molecule has 1 atom stereocenters. The van der Waals surface area contributed by atoms with Gasteiger partial charge in [-0.15, -0.1) is 11.3 Å². The minimum Gasteiger partial charge on any atom is -0.330 e. The Kier molecular flexibility index (Phi) is 3.60. The minimum absolute atomic E-state index is 0.339. The van der Waals surface area contributed by atoms with Gasteiger partial charge in [-0.3, -0.25) is 0 Å². The molecule has 17 heavy (non-hydrogen) atoms. The third-order valence-electron chi connectivity index (χ3n) is 2.99. The Morgan fingerprint density at radius 2 is 2.12 bits per heavy atom. The van der Waals surface area contributed by atoms with Crippen molar-refractivity contribution >= 4 is 11.3 Å². The lowest BCUT2D eigenvalue weighted by Crippen LogP contribution is -2.08. The monoisotopic (exact) mass is 246 g/mol. The zero-order valence-electron chi connectivity index (χ0n) is 10.5. The maximum Gasteiger partial charge on any atom is 0.123 e. The Labute approximate surface area is 107 Å². The van der Waals surface area contributed by atoms with Gasteiger partial charge in [0.2, 0.25) is 0 Å². The fourth-order valence-corrected chi connectivity index (χ4v) is 2.84. The summed E-state index contributed by atoms with van der Waals surface area (Å²) in [4.78, 5) is 4.68. The number of aryl methyl sites for hydroxylation is 2. The average molecular weight is 246 g/mol. The third kappa shape index (κ3) is 2.56. The molecule has 0 aliphatic rings. The quantitative estimate of drug-likeness (QED) is 0.900. The molecule has 0 amide bonds. The van der Waals surface area contributed by atoms with E-state index >= 15 is 0 Å². The molecule has 0 bridgehead atoms.